The highest BCUT2D eigenvalue weighted by Crippen LogP contribution is 2.29. The predicted octanol–water partition coefficient (Wildman–Crippen LogP) is 3.12. The maximum atomic E-state index is 5.42. The maximum absolute atomic E-state index is 5.42. The van der Waals surface area contributed by atoms with Crippen LogP contribution in [0, 0.1) is 0 Å². The van der Waals surface area contributed by atoms with E-state index in [2.05, 4.69) is 15.3 Å². The largest absolute Gasteiger partial charge is 0.496 e. The first-order chi connectivity index (χ1) is 10.3. The number of anilines is 1. The van der Waals surface area contributed by atoms with Crippen LogP contribution in [0.4, 0.5) is 5.82 Å². The second-order valence-electron chi connectivity index (χ2n) is 4.42. The molecule has 5 nitrogen and oxygen atoms in total. The molecule has 112 valence electrons. The number of nitrogens with one attached hydrogen (secondary N) is 1. The van der Waals surface area contributed by atoms with Gasteiger partial charge in [-0.25, -0.2) is 9.97 Å². The summed E-state index contributed by atoms with van der Waals surface area (Å²) >= 11 is 0. The third kappa shape index (κ3) is 3.92. The zero-order chi connectivity index (χ0) is 15.1. The Kier molecular flexibility index (Phi) is 5.51. The van der Waals surface area contributed by atoms with Crippen molar-refractivity contribution in [3.63, 3.8) is 0 Å². The average molecular weight is 287 g/mol. The number of rotatable bonds is 7. The summed E-state index contributed by atoms with van der Waals surface area (Å²) in [7, 11) is 1.66. The second kappa shape index (κ2) is 7.59. The maximum Gasteiger partial charge on any atom is 0.157 e. The third-order valence-electron chi connectivity index (χ3n) is 2.95. The van der Waals surface area contributed by atoms with E-state index in [0.29, 0.717) is 19.0 Å². The van der Waals surface area contributed by atoms with Crippen LogP contribution in [0.1, 0.15) is 19.7 Å². The van der Waals surface area contributed by atoms with E-state index in [1.54, 1.807) is 7.11 Å². The number of benzene rings is 1. The minimum atomic E-state index is 0.401. The van der Waals surface area contributed by atoms with Gasteiger partial charge in [-0.1, -0.05) is 12.1 Å². The van der Waals surface area contributed by atoms with Crippen LogP contribution in [0.2, 0.25) is 0 Å². The van der Waals surface area contributed by atoms with E-state index in [-0.39, 0.29) is 0 Å². The van der Waals surface area contributed by atoms with E-state index in [1.165, 1.54) is 0 Å². The Balaban J connectivity index is 2.43. The SMILES string of the molecule is CCNc1cc(-c2ccccc2OC)nc(COCC)n1. The molecule has 0 saturated heterocycles. The summed E-state index contributed by atoms with van der Waals surface area (Å²) in [6, 6.07) is 9.75. The van der Waals surface area contributed by atoms with Crippen molar-refractivity contribution in [3.8, 4) is 17.0 Å². The van der Waals surface area contributed by atoms with Crippen LogP contribution in [0.25, 0.3) is 11.3 Å². The molecule has 2 aromatic rings. The Morgan fingerprint density at radius 3 is 2.67 bits per heavy atom. The first-order valence-electron chi connectivity index (χ1n) is 7.11. The summed E-state index contributed by atoms with van der Waals surface area (Å²) in [6.07, 6.45) is 0. The lowest BCUT2D eigenvalue weighted by molar-refractivity contribution is 0.128. The molecule has 0 spiro atoms. The molecule has 1 aromatic carbocycles. The van der Waals surface area contributed by atoms with Crippen molar-refractivity contribution in [2.45, 2.75) is 20.5 Å². The topological polar surface area (TPSA) is 56.3 Å². The molecule has 0 bridgehead atoms. The lowest BCUT2D eigenvalue weighted by atomic mass is 10.1. The monoisotopic (exact) mass is 287 g/mol. The van der Waals surface area contributed by atoms with Crippen molar-refractivity contribution in [2.75, 3.05) is 25.6 Å². The summed E-state index contributed by atoms with van der Waals surface area (Å²) < 4.78 is 10.8. The molecular weight excluding hydrogens is 266 g/mol. The van der Waals surface area contributed by atoms with Crippen molar-refractivity contribution < 1.29 is 9.47 Å². The van der Waals surface area contributed by atoms with Gasteiger partial charge in [-0.05, 0) is 26.0 Å². The van der Waals surface area contributed by atoms with Gasteiger partial charge in [-0.15, -0.1) is 0 Å². The minimum absolute atomic E-state index is 0.401. The van der Waals surface area contributed by atoms with Gasteiger partial charge in [0.15, 0.2) is 5.82 Å². The molecule has 0 aliphatic carbocycles. The van der Waals surface area contributed by atoms with E-state index in [9.17, 15) is 0 Å². The molecule has 1 aromatic heterocycles. The lowest BCUT2D eigenvalue weighted by Gasteiger charge is -2.11. The predicted molar refractivity (Wildman–Crippen MR) is 83.5 cm³/mol. The standard InChI is InChI=1S/C16H21N3O2/c1-4-17-15-10-13(18-16(19-15)11-21-5-2)12-8-6-7-9-14(12)20-3/h6-10H,4-5,11H2,1-3H3,(H,17,18,19). The number of hydrogen-bond donors (Lipinski definition) is 1. The van der Waals surface area contributed by atoms with Crippen molar-refractivity contribution in [2.24, 2.45) is 0 Å². The minimum Gasteiger partial charge on any atom is -0.496 e. The quantitative estimate of drug-likeness (QED) is 0.848. The fraction of sp³-hybridized carbons (Fsp3) is 0.375. The molecule has 0 unspecified atom stereocenters. The number of para-hydroxylation sites is 1. The third-order valence-corrected chi connectivity index (χ3v) is 2.95. The lowest BCUT2D eigenvalue weighted by Crippen LogP contribution is -2.06. The molecule has 0 radical (unpaired) electrons. The van der Waals surface area contributed by atoms with Gasteiger partial charge >= 0.3 is 0 Å². The summed E-state index contributed by atoms with van der Waals surface area (Å²) in [6.45, 7) is 5.83. The fourth-order valence-corrected chi connectivity index (χ4v) is 2.02. The molecule has 0 aliphatic rings. The van der Waals surface area contributed by atoms with Crippen LogP contribution in [0.5, 0.6) is 5.75 Å². The van der Waals surface area contributed by atoms with Crippen molar-refractivity contribution in [1.82, 2.24) is 9.97 Å². The Morgan fingerprint density at radius 2 is 1.95 bits per heavy atom. The summed E-state index contributed by atoms with van der Waals surface area (Å²) in [5, 5.41) is 3.22. The van der Waals surface area contributed by atoms with Gasteiger partial charge in [0, 0.05) is 24.8 Å². The molecule has 5 heteroatoms. The number of ether oxygens (including phenoxy) is 2. The molecule has 1 heterocycles. The molecule has 21 heavy (non-hydrogen) atoms. The summed E-state index contributed by atoms with van der Waals surface area (Å²) in [5.41, 5.74) is 1.77. The Morgan fingerprint density at radius 1 is 1.14 bits per heavy atom. The van der Waals surface area contributed by atoms with Crippen LogP contribution >= 0.6 is 0 Å². The molecule has 0 aliphatic heterocycles. The normalized spacial score (nSPS) is 10.4. The fourth-order valence-electron chi connectivity index (χ4n) is 2.02. The van der Waals surface area contributed by atoms with E-state index < -0.39 is 0 Å². The molecule has 0 atom stereocenters. The van der Waals surface area contributed by atoms with Crippen molar-refractivity contribution in [3.05, 3.63) is 36.2 Å². The first kappa shape index (κ1) is 15.3. The van der Waals surface area contributed by atoms with Gasteiger partial charge in [0.25, 0.3) is 0 Å². The first-order valence-corrected chi connectivity index (χ1v) is 7.11. The molecule has 0 amide bonds. The molecule has 2 rings (SSSR count). The van der Waals surface area contributed by atoms with Gasteiger partial charge in [0.2, 0.25) is 0 Å². The van der Waals surface area contributed by atoms with Crippen LogP contribution < -0.4 is 10.1 Å². The van der Waals surface area contributed by atoms with Crippen LogP contribution in [0.15, 0.2) is 30.3 Å². The van der Waals surface area contributed by atoms with Gasteiger partial charge in [-0.2, -0.15) is 0 Å². The summed E-state index contributed by atoms with van der Waals surface area (Å²) in [5.74, 6) is 2.25. The van der Waals surface area contributed by atoms with Crippen LogP contribution in [0.3, 0.4) is 0 Å². The van der Waals surface area contributed by atoms with Gasteiger partial charge in [0.05, 0.1) is 12.8 Å². The van der Waals surface area contributed by atoms with E-state index in [0.717, 1.165) is 29.4 Å². The second-order valence-corrected chi connectivity index (χ2v) is 4.42. The highest BCUT2D eigenvalue weighted by atomic mass is 16.5. The van der Waals surface area contributed by atoms with Crippen molar-refractivity contribution >= 4 is 5.82 Å². The number of aromatic nitrogens is 2. The van der Waals surface area contributed by atoms with E-state index >= 15 is 0 Å². The van der Waals surface area contributed by atoms with Gasteiger partial charge in [0.1, 0.15) is 18.2 Å². The molecule has 0 fully saturated rings. The van der Waals surface area contributed by atoms with Crippen LogP contribution in [-0.2, 0) is 11.3 Å². The highest BCUT2D eigenvalue weighted by molar-refractivity contribution is 5.69. The zero-order valence-electron chi connectivity index (χ0n) is 12.7. The van der Waals surface area contributed by atoms with E-state index in [4.69, 9.17) is 9.47 Å². The zero-order valence-corrected chi connectivity index (χ0v) is 12.7. The molecule has 0 saturated carbocycles. The van der Waals surface area contributed by atoms with Gasteiger partial charge in [-0.3, -0.25) is 0 Å². The molecular formula is C16H21N3O2. The van der Waals surface area contributed by atoms with E-state index in [1.807, 2.05) is 44.2 Å². The summed E-state index contributed by atoms with van der Waals surface area (Å²) in [4.78, 5) is 9.03. The number of hydrogen-bond acceptors (Lipinski definition) is 5. The van der Waals surface area contributed by atoms with Gasteiger partial charge < -0.3 is 14.8 Å². The smallest absolute Gasteiger partial charge is 0.157 e. The number of nitrogens with zero attached hydrogens (tertiary/aromatic N) is 2. The Labute approximate surface area is 125 Å². The Hall–Kier alpha value is -2.14. The van der Waals surface area contributed by atoms with Crippen molar-refractivity contribution in [1.29, 1.82) is 0 Å². The average Bonchev–Trinajstić information content (AvgIpc) is 2.53. The highest BCUT2D eigenvalue weighted by Gasteiger charge is 2.10. The Bertz CT molecular complexity index is 587. The van der Waals surface area contributed by atoms with Crippen LogP contribution in [-0.4, -0.2) is 30.2 Å². The molecule has 1 N–H and O–H groups in total. The number of methoxy groups -OCH3 is 1.